The molecule has 0 aromatic heterocycles. The molecule has 13 heavy (non-hydrogen) atoms. The van der Waals surface area contributed by atoms with Crippen LogP contribution >= 0.6 is 0 Å². The summed E-state index contributed by atoms with van der Waals surface area (Å²) in [5.41, 5.74) is 0. The number of carboxylic acid groups (broad SMARTS) is 1. The van der Waals surface area contributed by atoms with Crippen LogP contribution in [0.5, 0.6) is 0 Å². The summed E-state index contributed by atoms with van der Waals surface area (Å²) >= 11 is 0. The van der Waals surface area contributed by atoms with E-state index in [4.69, 9.17) is 5.11 Å². The Bertz CT molecular complexity index is 189. The Morgan fingerprint density at radius 3 is 2.38 bits per heavy atom. The Kier molecular flexibility index (Phi) is 3.34. The van der Waals surface area contributed by atoms with Crippen molar-refractivity contribution in [2.24, 2.45) is 23.7 Å². The number of hydrogen-bond acceptors (Lipinski definition) is 1. The maximum absolute atomic E-state index is 10.8. The topological polar surface area (TPSA) is 37.3 Å². The summed E-state index contributed by atoms with van der Waals surface area (Å²) in [6.07, 6.45) is 3.72. The lowest BCUT2D eigenvalue weighted by Gasteiger charge is -2.22. The van der Waals surface area contributed by atoms with Gasteiger partial charge in [-0.2, -0.15) is 0 Å². The highest BCUT2D eigenvalue weighted by Crippen LogP contribution is 2.38. The maximum Gasteiger partial charge on any atom is 0.306 e. The summed E-state index contributed by atoms with van der Waals surface area (Å²) in [7, 11) is 0. The molecule has 1 aliphatic carbocycles. The van der Waals surface area contributed by atoms with Gasteiger partial charge in [-0.25, -0.2) is 0 Å². The molecule has 0 aliphatic heterocycles. The van der Waals surface area contributed by atoms with Crippen molar-refractivity contribution in [3.05, 3.63) is 0 Å². The highest BCUT2D eigenvalue weighted by molar-refractivity contribution is 5.69. The van der Waals surface area contributed by atoms with Gasteiger partial charge in [-0.1, -0.05) is 27.2 Å². The van der Waals surface area contributed by atoms with Crippen LogP contribution in [-0.4, -0.2) is 11.1 Å². The molecular weight excluding hydrogens is 164 g/mol. The minimum atomic E-state index is -0.646. The molecule has 2 heteroatoms. The Balaban J connectivity index is 2.47. The highest BCUT2D eigenvalue weighted by Gasteiger charge is 2.31. The summed E-state index contributed by atoms with van der Waals surface area (Å²) in [6, 6.07) is 0. The monoisotopic (exact) mass is 184 g/mol. The lowest BCUT2D eigenvalue weighted by molar-refractivity contribution is -0.143. The Labute approximate surface area is 80.3 Å². The van der Waals surface area contributed by atoms with Crippen LogP contribution in [-0.2, 0) is 4.79 Å². The summed E-state index contributed by atoms with van der Waals surface area (Å²) < 4.78 is 0. The number of carbonyl (C=O) groups is 1. The Morgan fingerprint density at radius 2 is 2.00 bits per heavy atom. The number of aliphatic carboxylic acids is 1. The summed E-state index contributed by atoms with van der Waals surface area (Å²) in [5.74, 6) is 0.944. The second-order valence-electron chi connectivity index (χ2n) is 4.66. The van der Waals surface area contributed by atoms with E-state index in [2.05, 4.69) is 13.8 Å². The van der Waals surface area contributed by atoms with Crippen molar-refractivity contribution in [3.8, 4) is 0 Å². The molecule has 0 aromatic rings. The van der Waals surface area contributed by atoms with E-state index in [1.807, 2.05) is 6.92 Å². The van der Waals surface area contributed by atoms with Crippen molar-refractivity contribution < 1.29 is 9.90 Å². The average Bonchev–Trinajstić information content (AvgIpc) is 2.49. The Hall–Kier alpha value is -0.530. The van der Waals surface area contributed by atoms with Crippen LogP contribution < -0.4 is 0 Å². The van der Waals surface area contributed by atoms with Crippen molar-refractivity contribution in [2.45, 2.75) is 40.0 Å². The molecule has 0 aromatic carbocycles. The molecule has 0 heterocycles. The van der Waals surface area contributed by atoms with Gasteiger partial charge in [0, 0.05) is 0 Å². The minimum absolute atomic E-state index is 0.185. The SMILES string of the molecule is CC(C(=O)O)C(C)[C@H]1CC[C@@H](C)C1. The van der Waals surface area contributed by atoms with Crippen LogP contribution in [0.2, 0.25) is 0 Å². The van der Waals surface area contributed by atoms with E-state index in [1.54, 1.807) is 0 Å². The third-order valence-electron chi connectivity index (χ3n) is 3.66. The first-order valence-electron chi connectivity index (χ1n) is 5.25. The molecule has 2 unspecified atom stereocenters. The number of hydrogen-bond donors (Lipinski definition) is 1. The largest absolute Gasteiger partial charge is 0.481 e. The molecule has 0 saturated heterocycles. The van der Waals surface area contributed by atoms with Gasteiger partial charge in [-0.15, -0.1) is 0 Å². The summed E-state index contributed by atoms with van der Waals surface area (Å²) in [5, 5.41) is 8.88. The first-order valence-corrected chi connectivity index (χ1v) is 5.25. The molecule has 1 fully saturated rings. The molecule has 0 spiro atoms. The molecule has 0 bridgehead atoms. The van der Waals surface area contributed by atoms with Gasteiger partial charge in [-0.3, -0.25) is 4.79 Å². The molecular formula is C11H20O2. The first-order chi connectivity index (χ1) is 6.02. The van der Waals surface area contributed by atoms with Gasteiger partial charge >= 0.3 is 5.97 Å². The van der Waals surface area contributed by atoms with Gasteiger partial charge < -0.3 is 5.11 Å². The molecule has 1 N–H and O–H groups in total. The maximum atomic E-state index is 10.8. The van der Waals surface area contributed by atoms with E-state index in [0.717, 1.165) is 5.92 Å². The van der Waals surface area contributed by atoms with Crippen molar-refractivity contribution in [1.29, 1.82) is 0 Å². The lowest BCUT2D eigenvalue weighted by atomic mass is 9.82. The first kappa shape index (κ1) is 10.6. The molecule has 0 radical (unpaired) electrons. The zero-order chi connectivity index (χ0) is 10.0. The van der Waals surface area contributed by atoms with Gasteiger partial charge in [0.2, 0.25) is 0 Å². The van der Waals surface area contributed by atoms with Crippen LogP contribution in [0.1, 0.15) is 40.0 Å². The van der Waals surface area contributed by atoms with Gasteiger partial charge in [-0.05, 0) is 30.6 Å². The fourth-order valence-corrected chi connectivity index (χ4v) is 2.36. The molecule has 1 saturated carbocycles. The summed E-state index contributed by atoms with van der Waals surface area (Å²) in [6.45, 7) is 6.18. The minimum Gasteiger partial charge on any atom is -0.481 e. The molecule has 1 rings (SSSR count). The number of rotatable bonds is 3. The van der Waals surface area contributed by atoms with E-state index >= 15 is 0 Å². The molecule has 76 valence electrons. The van der Waals surface area contributed by atoms with Crippen molar-refractivity contribution in [3.63, 3.8) is 0 Å². The summed E-state index contributed by atoms with van der Waals surface area (Å²) in [4.78, 5) is 10.8. The van der Waals surface area contributed by atoms with E-state index in [9.17, 15) is 4.79 Å². The standard InChI is InChI=1S/C11H20O2/c1-7-4-5-10(6-7)8(2)9(3)11(12)13/h7-10H,4-6H2,1-3H3,(H,12,13)/t7-,8?,9?,10+/m1/s1. The average molecular weight is 184 g/mol. The van der Waals surface area contributed by atoms with Crippen molar-refractivity contribution >= 4 is 5.97 Å². The molecule has 1 aliphatic rings. The molecule has 4 atom stereocenters. The lowest BCUT2D eigenvalue weighted by Crippen LogP contribution is -2.23. The van der Waals surface area contributed by atoms with Crippen LogP contribution in [0.15, 0.2) is 0 Å². The predicted octanol–water partition coefficient (Wildman–Crippen LogP) is 2.78. The van der Waals surface area contributed by atoms with Crippen molar-refractivity contribution in [2.75, 3.05) is 0 Å². The van der Waals surface area contributed by atoms with Gasteiger partial charge in [0.15, 0.2) is 0 Å². The zero-order valence-electron chi connectivity index (χ0n) is 8.79. The third kappa shape index (κ3) is 2.45. The van der Waals surface area contributed by atoms with Gasteiger partial charge in [0.1, 0.15) is 0 Å². The van der Waals surface area contributed by atoms with E-state index in [1.165, 1.54) is 19.3 Å². The molecule has 2 nitrogen and oxygen atoms in total. The van der Waals surface area contributed by atoms with Crippen LogP contribution in [0.25, 0.3) is 0 Å². The van der Waals surface area contributed by atoms with Crippen molar-refractivity contribution in [1.82, 2.24) is 0 Å². The fourth-order valence-electron chi connectivity index (χ4n) is 2.36. The Morgan fingerprint density at radius 1 is 1.38 bits per heavy atom. The van der Waals surface area contributed by atoms with Crippen LogP contribution in [0, 0.1) is 23.7 Å². The zero-order valence-corrected chi connectivity index (χ0v) is 8.79. The quantitative estimate of drug-likeness (QED) is 0.732. The van der Waals surface area contributed by atoms with Crippen LogP contribution in [0.4, 0.5) is 0 Å². The van der Waals surface area contributed by atoms with Crippen LogP contribution in [0.3, 0.4) is 0 Å². The van der Waals surface area contributed by atoms with E-state index in [0.29, 0.717) is 11.8 Å². The fraction of sp³-hybridized carbons (Fsp3) is 0.909. The second-order valence-corrected chi connectivity index (χ2v) is 4.66. The second kappa shape index (κ2) is 4.12. The van der Waals surface area contributed by atoms with E-state index in [-0.39, 0.29) is 5.92 Å². The van der Waals surface area contributed by atoms with E-state index < -0.39 is 5.97 Å². The third-order valence-corrected chi connectivity index (χ3v) is 3.66. The smallest absolute Gasteiger partial charge is 0.306 e. The van der Waals surface area contributed by atoms with Gasteiger partial charge in [0.25, 0.3) is 0 Å². The number of carboxylic acids is 1. The highest BCUT2D eigenvalue weighted by atomic mass is 16.4. The van der Waals surface area contributed by atoms with Gasteiger partial charge in [0.05, 0.1) is 5.92 Å². The predicted molar refractivity (Wildman–Crippen MR) is 52.5 cm³/mol. The molecule has 0 amide bonds. The normalized spacial score (nSPS) is 32.8.